The van der Waals surface area contributed by atoms with Crippen LogP contribution in [0.1, 0.15) is 11.1 Å². The highest BCUT2D eigenvalue weighted by atomic mass is 32.2. The Bertz CT molecular complexity index is 978. The Hall–Kier alpha value is -3.33. The third-order valence-electron chi connectivity index (χ3n) is 4.31. The van der Waals surface area contributed by atoms with Crippen LogP contribution in [-0.4, -0.2) is 42.3 Å². The average Bonchev–Trinajstić information content (AvgIpc) is 3.01. The fraction of sp³-hybridized carbons (Fsp3) is 0.190. The summed E-state index contributed by atoms with van der Waals surface area (Å²) in [6.07, 6.45) is 1.64. The first-order valence-electron chi connectivity index (χ1n) is 9.12. The van der Waals surface area contributed by atoms with Crippen molar-refractivity contribution in [2.75, 3.05) is 20.2 Å². The molecule has 0 aliphatic carbocycles. The summed E-state index contributed by atoms with van der Waals surface area (Å²) in [5.74, 6) is -0.117. The Morgan fingerprint density at radius 3 is 2.57 bits per heavy atom. The third kappa shape index (κ3) is 5.38. The van der Waals surface area contributed by atoms with Crippen molar-refractivity contribution >= 4 is 35.0 Å². The minimum Gasteiger partial charge on any atom is -0.497 e. The van der Waals surface area contributed by atoms with Crippen molar-refractivity contribution in [3.63, 3.8) is 0 Å². The molecular weight excluding hydrogens is 409 g/mol. The molecule has 30 heavy (non-hydrogen) atoms. The second kappa shape index (κ2) is 9.93. The SMILES string of the molecule is COc1ccc(/C=C2/SC(=O)N(CCNC(=O)NCc3ccccc3F)C2=O)cc1. The summed E-state index contributed by atoms with van der Waals surface area (Å²) in [6.45, 7) is 0.152. The predicted molar refractivity (Wildman–Crippen MR) is 112 cm³/mol. The van der Waals surface area contributed by atoms with E-state index in [2.05, 4.69) is 10.6 Å². The van der Waals surface area contributed by atoms with Crippen molar-refractivity contribution in [2.45, 2.75) is 6.54 Å². The molecule has 2 aromatic rings. The van der Waals surface area contributed by atoms with Gasteiger partial charge in [0.15, 0.2) is 0 Å². The second-order valence-corrected chi connectivity index (χ2v) is 7.30. The molecule has 7 nitrogen and oxygen atoms in total. The van der Waals surface area contributed by atoms with Gasteiger partial charge in [-0.2, -0.15) is 0 Å². The van der Waals surface area contributed by atoms with Crippen LogP contribution >= 0.6 is 11.8 Å². The normalized spacial score (nSPS) is 14.9. The molecule has 0 unspecified atom stereocenters. The molecule has 1 heterocycles. The van der Waals surface area contributed by atoms with Crippen molar-refractivity contribution < 1.29 is 23.5 Å². The number of halogens is 1. The Balaban J connectivity index is 1.48. The van der Waals surface area contributed by atoms with E-state index in [1.165, 1.54) is 6.07 Å². The summed E-state index contributed by atoms with van der Waals surface area (Å²) >= 11 is 0.852. The zero-order chi connectivity index (χ0) is 21.5. The summed E-state index contributed by atoms with van der Waals surface area (Å²) in [5, 5.41) is 4.69. The zero-order valence-electron chi connectivity index (χ0n) is 16.2. The van der Waals surface area contributed by atoms with Crippen LogP contribution in [0.2, 0.25) is 0 Å². The molecule has 1 fully saturated rings. The highest BCUT2D eigenvalue weighted by Gasteiger charge is 2.34. The maximum atomic E-state index is 13.5. The van der Waals surface area contributed by atoms with Gasteiger partial charge in [-0.3, -0.25) is 14.5 Å². The molecule has 1 saturated heterocycles. The van der Waals surface area contributed by atoms with Crippen LogP contribution in [0.5, 0.6) is 5.75 Å². The molecule has 2 aromatic carbocycles. The predicted octanol–water partition coefficient (Wildman–Crippen LogP) is 3.37. The van der Waals surface area contributed by atoms with Gasteiger partial charge in [0.25, 0.3) is 11.1 Å². The molecular formula is C21H20FN3O4S. The number of ether oxygens (including phenoxy) is 1. The van der Waals surface area contributed by atoms with E-state index in [0.29, 0.717) is 16.2 Å². The average molecular weight is 429 g/mol. The third-order valence-corrected chi connectivity index (χ3v) is 5.21. The molecule has 9 heteroatoms. The molecule has 156 valence electrons. The lowest BCUT2D eigenvalue weighted by Gasteiger charge is -2.13. The maximum Gasteiger partial charge on any atom is 0.315 e. The summed E-state index contributed by atoms with van der Waals surface area (Å²) in [7, 11) is 1.56. The zero-order valence-corrected chi connectivity index (χ0v) is 17.0. The topological polar surface area (TPSA) is 87.7 Å². The van der Waals surface area contributed by atoms with Crippen molar-refractivity contribution in [2.24, 2.45) is 0 Å². The number of hydrogen-bond donors (Lipinski definition) is 2. The number of thioether (sulfide) groups is 1. The summed E-state index contributed by atoms with van der Waals surface area (Å²) in [6, 6.07) is 12.7. The fourth-order valence-corrected chi connectivity index (χ4v) is 3.57. The quantitative estimate of drug-likeness (QED) is 0.659. The maximum absolute atomic E-state index is 13.5. The summed E-state index contributed by atoms with van der Waals surface area (Å²) < 4.78 is 18.6. The molecule has 0 atom stereocenters. The van der Waals surface area contributed by atoms with Gasteiger partial charge in [-0.1, -0.05) is 30.3 Å². The number of rotatable bonds is 7. The number of methoxy groups -OCH3 is 1. The van der Waals surface area contributed by atoms with Crippen LogP contribution in [0.4, 0.5) is 14.0 Å². The van der Waals surface area contributed by atoms with Gasteiger partial charge in [-0.25, -0.2) is 9.18 Å². The monoisotopic (exact) mass is 429 g/mol. The van der Waals surface area contributed by atoms with Gasteiger partial charge in [0.2, 0.25) is 0 Å². The molecule has 2 N–H and O–H groups in total. The molecule has 0 spiro atoms. The van der Waals surface area contributed by atoms with E-state index in [1.54, 1.807) is 55.7 Å². The molecule has 0 saturated carbocycles. The van der Waals surface area contributed by atoms with E-state index in [0.717, 1.165) is 22.2 Å². The van der Waals surface area contributed by atoms with Crippen molar-refractivity contribution in [1.29, 1.82) is 0 Å². The number of carbonyl (C=O) groups excluding carboxylic acids is 3. The van der Waals surface area contributed by atoms with Gasteiger partial charge in [0.1, 0.15) is 11.6 Å². The van der Waals surface area contributed by atoms with Crippen molar-refractivity contribution in [3.8, 4) is 5.75 Å². The number of carbonyl (C=O) groups is 3. The number of imide groups is 1. The van der Waals surface area contributed by atoms with Crippen LogP contribution in [0, 0.1) is 5.82 Å². The van der Waals surface area contributed by atoms with E-state index >= 15 is 0 Å². The van der Waals surface area contributed by atoms with Gasteiger partial charge in [0, 0.05) is 25.2 Å². The van der Waals surface area contributed by atoms with Crippen LogP contribution in [0.25, 0.3) is 6.08 Å². The molecule has 1 aliphatic rings. The number of hydrogen-bond acceptors (Lipinski definition) is 5. The lowest BCUT2D eigenvalue weighted by molar-refractivity contribution is -0.122. The highest BCUT2D eigenvalue weighted by molar-refractivity contribution is 8.18. The first-order valence-corrected chi connectivity index (χ1v) is 9.94. The lowest BCUT2D eigenvalue weighted by atomic mass is 10.2. The Morgan fingerprint density at radius 2 is 1.87 bits per heavy atom. The number of urea groups is 1. The summed E-state index contributed by atoms with van der Waals surface area (Å²) in [5.41, 5.74) is 1.13. The first kappa shape index (κ1) is 21.4. The lowest BCUT2D eigenvalue weighted by Crippen LogP contribution is -2.41. The van der Waals surface area contributed by atoms with Gasteiger partial charge in [-0.15, -0.1) is 0 Å². The molecule has 0 aromatic heterocycles. The van der Waals surface area contributed by atoms with Crippen molar-refractivity contribution in [3.05, 3.63) is 70.4 Å². The van der Waals surface area contributed by atoms with Crippen LogP contribution < -0.4 is 15.4 Å². The van der Waals surface area contributed by atoms with E-state index in [-0.39, 0.29) is 19.6 Å². The highest BCUT2D eigenvalue weighted by Crippen LogP contribution is 2.32. The molecule has 1 aliphatic heterocycles. The van der Waals surface area contributed by atoms with Gasteiger partial charge in [0.05, 0.1) is 12.0 Å². The van der Waals surface area contributed by atoms with E-state index in [9.17, 15) is 18.8 Å². The van der Waals surface area contributed by atoms with E-state index in [1.807, 2.05) is 0 Å². The van der Waals surface area contributed by atoms with Crippen molar-refractivity contribution in [1.82, 2.24) is 15.5 Å². The molecule has 3 rings (SSSR count). The van der Waals surface area contributed by atoms with Crippen LogP contribution in [0.15, 0.2) is 53.4 Å². The molecule has 4 amide bonds. The van der Waals surface area contributed by atoms with Gasteiger partial charge < -0.3 is 15.4 Å². The Kier molecular flexibility index (Phi) is 7.08. The summed E-state index contributed by atoms with van der Waals surface area (Å²) in [4.78, 5) is 37.9. The molecule has 0 radical (unpaired) electrons. The standard InChI is InChI=1S/C21H20FN3O4S/c1-29-16-8-6-14(7-9-16)12-18-19(26)25(21(28)30-18)11-10-23-20(27)24-13-15-4-2-3-5-17(15)22/h2-9,12H,10-11,13H2,1H3,(H2,23,24,27)/b18-12+. The molecule has 0 bridgehead atoms. The Labute approximate surface area is 177 Å². The minimum absolute atomic E-state index is 0.0324. The number of nitrogens with one attached hydrogen (secondary N) is 2. The largest absolute Gasteiger partial charge is 0.497 e. The number of nitrogens with zero attached hydrogens (tertiary/aromatic N) is 1. The smallest absolute Gasteiger partial charge is 0.315 e. The number of amides is 4. The fourth-order valence-electron chi connectivity index (χ4n) is 2.71. The Morgan fingerprint density at radius 1 is 1.13 bits per heavy atom. The number of benzene rings is 2. The first-order chi connectivity index (χ1) is 14.5. The van der Waals surface area contributed by atoms with Gasteiger partial charge in [-0.05, 0) is 41.6 Å². The van der Waals surface area contributed by atoms with E-state index in [4.69, 9.17) is 4.74 Å². The van der Waals surface area contributed by atoms with Gasteiger partial charge >= 0.3 is 6.03 Å². The van der Waals surface area contributed by atoms with Crippen LogP contribution in [-0.2, 0) is 11.3 Å². The minimum atomic E-state index is -0.515. The van der Waals surface area contributed by atoms with E-state index < -0.39 is 23.0 Å². The van der Waals surface area contributed by atoms with Crippen LogP contribution in [0.3, 0.4) is 0 Å². The second-order valence-electron chi connectivity index (χ2n) is 6.31.